The number of nitrogens with zero attached hydrogens (tertiary/aromatic N) is 4. The van der Waals surface area contributed by atoms with Gasteiger partial charge in [-0.25, -0.2) is 4.39 Å². The predicted octanol–water partition coefficient (Wildman–Crippen LogP) is 6.70. The molecule has 6 nitrogen and oxygen atoms in total. The Morgan fingerprint density at radius 2 is 1.76 bits per heavy atom. The van der Waals surface area contributed by atoms with Gasteiger partial charge in [0.15, 0.2) is 10.9 Å². The molecule has 0 fully saturated rings. The normalized spacial score (nSPS) is 11.0. The molecule has 0 aliphatic rings. The molecule has 4 aromatic rings. The molecular weight excluding hydrogens is 518 g/mol. The first-order valence-electron chi connectivity index (χ1n) is 10.2. The molecule has 0 saturated heterocycles. The van der Waals surface area contributed by atoms with E-state index >= 15 is 0 Å². The van der Waals surface area contributed by atoms with E-state index in [-0.39, 0.29) is 12.4 Å². The second-order valence-corrected chi connectivity index (χ2v) is 9.26. The number of anilines is 2. The van der Waals surface area contributed by atoms with E-state index in [0.29, 0.717) is 38.1 Å². The minimum absolute atomic E-state index is 0.208. The van der Waals surface area contributed by atoms with E-state index in [2.05, 4.69) is 20.8 Å². The molecule has 0 unspecified atom stereocenters. The monoisotopic (exact) mass is 536 g/mol. The van der Waals surface area contributed by atoms with Crippen LogP contribution in [0.1, 0.15) is 22.5 Å². The smallest absolute Gasteiger partial charge is 0.176 e. The molecule has 34 heavy (non-hydrogen) atoms. The fourth-order valence-corrected chi connectivity index (χ4v) is 4.22. The molecule has 0 saturated carbocycles. The SMILES string of the molecule is Cc1nn(Cc2c(F)cccc2Cl)c(C)c1NC(=S)Nc1ccn(Cc2ccc(Cl)c(Cl)c2)n1. The van der Waals surface area contributed by atoms with Crippen LogP contribution in [0.5, 0.6) is 0 Å². The summed E-state index contributed by atoms with van der Waals surface area (Å²) in [6.45, 7) is 4.47. The van der Waals surface area contributed by atoms with E-state index in [0.717, 1.165) is 22.6 Å². The van der Waals surface area contributed by atoms with Crippen LogP contribution in [0.15, 0.2) is 48.7 Å². The lowest BCUT2D eigenvalue weighted by Gasteiger charge is -2.11. The molecule has 0 aliphatic heterocycles. The van der Waals surface area contributed by atoms with Gasteiger partial charge < -0.3 is 10.6 Å². The van der Waals surface area contributed by atoms with Crippen LogP contribution in [0.4, 0.5) is 15.9 Å². The van der Waals surface area contributed by atoms with Crippen molar-refractivity contribution in [1.29, 1.82) is 0 Å². The van der Waals surface area contributed by atoms with Crippen molar-refractivity contribution in [2.24, 2.45) is 0 Å². The first-order chi connectivity index (χ1) is 16.2. The molecule has 0 spiro atoms. The van der Waals surface area contributed by atoms with Gasteiger partial charge in [0.25, 0.3) is 0 Å². The van der Waals surface area contributed by atoms with Crippen molar-refractivity contribution in [3.05, 3.63) is 92.1 Å². The summed E-state index contributed by atoms with van der Waals surface area (Å²) >= 11 is 23.7. The first kappa shape index (κ1) is 24.5. The van der Waals surface area contributed by atoms with Gasteiger partial charge in [-0.2, -0.15) is 10.2 Å². The number of aryl methyl sites for hydroxylation is 1. The van der Waals surface area contributed by atoms with Gasteiger partial charge in [0.2, 0.25) is 0 Å². The molecule has 0 bridgehead atoms. The number of benzene rings is 2. The lowest BCUT2D eigenvalue weighted by molar-refractivity contribution is 0.579. The van der Waals surface area contributed by atoms with Crippen molar-refractivity contribution in [1.82, 2.24) is 19.6 Å². The average Bonchev–Trinajstić information content (AvgIpc) is 3.32. The van der Waals surface area contributed by atoms with E-state index in [4.69, 9.17) is 47.0 Å². The molecule has 2 heterocycles. The Morgan fingerprint density at radius 1 is 0.971 bits per heavy atom. The maximum absolute atomic E-state index is 14.2. The van der Waals surface area contributed by atoms with E-state index in [1.54, 1.807) is 27.6 Å². The summed E-state index contributed by atoms with van der Waals surface area (Å²) in [5.74, 6) is 0.210. The van der Waals surface area contributed by atoms with Crippen LogP contribution in [0, 0.1) is 19.7 Å². The Hall–Kier alpha value is -2.65. The molecule has 2 aromatic heterocycles. The minimum atomic E-state index is -0.372. The Bertz CT molecular complexity index is 1350. The lowest BCUT2D eigenvalue weighted by Crippen LogP contribution is -2.20. The summed E-state index contributed by atoms with van der Waals surface area (Å²) in [4.78, 5) is 0. The van der Waals surface area contributed by atoms with Gasteiger partial charge in [0, 0.05) is 22.8 Å². The molecule has 2 N–H and O–H groups in total. The van der Waals surface area contributed by atoms with Crippen LogP contribution in [0.25, 0.3) is 0 Å². The van der Waals surface area contributed by atoms with E-state index in [1.165, 1.54) is 6.07 Å². The van der Waals surface area contributed by atoms with Crippen LogP contribution < -0.4 is 10.6 Å². The number of rotatable bonds is 6. The van der Waals surface area contributed by atoms with Gasteiger partial charge in [-0.3, -0.25) is 9.36 Å². The third-order valence-electron chi connectivity index (χ3n) is 5.20. The predicted molar refractivity (Wildman–Crippen MR) is 140 cm³/mol. The maximum atomic E-state index is 14.2. The Morgan fingerprint density at radius 3 is 2.50 bits per heavy atom. The zero-order valence-electron chi connectivity index (χ0n) is 18.2. The van der Waals surface area contributed by atoms with Gasteiger partial charge in [-0.15, -0.1) is 0 Å². The Balaban J connectivity index is 1.42. The highest BCUT2D eigenvalue weighted by Crippen LogP contribution is 2.25. The number of nitrogens with one attached hydrogen (secondary N) is 2. The number of halogens is 4. The second kappa shape index (κ2) is 10.3. The highest BCUT2D eigenvalue weighted by atomic mass is 35.5. The topological polar surface area (TPSA) is 59.7 Å². The standard InChI is InChI=1S/C23H20Cl3FN6S/c1-13-22(14(2)33(30-13)12-16-17(24)4-3-5-20(16)27)29-23(34)28-21-8-9-32(31-21)11-15-6-7-18(25)19(26)10-15/h3-10H,11-12H2,1-2H3,(H2,28,29,31,34). The molecule has 176 valence electrons. The molecule has 11 heteroatoms. The molecule has 0 aliphatic carbocycles. The van der Waals surface area contributed by atoms with Crippen molar-refractivity contribution >= 4 is 63.6 Å². The number of hydrogen-bond acceptors (Lipinski definition) is 3. The van der Waals surface area contributed by atoms with E-state index in [1.807, 2.05) is 38.2 Å². The Kier molecular flexibility index (Phi) is 7.42. The number of thiocarbonyl (C=S) groups is 1. The van der Waals surface area contributed by atoms with Crippen molar-refractivity contribution in [2.45, 2.75) is 26.9 Å². The van der Waals surface area contributed by atoms with Crippen molar-refractivity contribution in [3.63, 3.8) is 0 Å². The highest BCUT2D eigenvalue weighted by molar-refractivity contribution is 7.80. The van der Waals surface area contributed by atoms with Crippen LogP contribution >= 0.6 is 47.0 Å². The van der Waals surface area contributed by atoms with Gasteiger partial charge in [-0.1, -0.05) is 46.9 Å². The Labute approximate surface area is 216 Å². The summed E-state index contributed by atoms with van der Waals surface area (Å²) in [7, 11) is 0. The van der Waals surface area contributed by atoms with Gasteiger partial charge >= 0.3 is 0 Å². The average molecular weight is 538 g/mol. The van der Waals surface area contributed by atoms with Crippen LogP contribution in [0.2, 0.25) is 15.1 Å². The van der Waals surface area contributed by atoms with Gasteiger partial charge in [-0.05, 0) is 55.9 Å². The molecular formula is C23H20Cl3FN6S. The largest absolute Gasteiger partial charge is 0.329 e. The summed E-state index contributed by atoms with van der Waals surface area (Å²) < 4.78 is 17.7. The third kappa shape index (κ3) is 5.52. The molecule has 0 amide bonds. The van der Waals surface area contributed by atoms with Crippen molar-refractivity contribution in [2.75, 3.05) is 10.6 Å². The summed E-state index contributed by atoms with van der Waals surface area (Å²) in [6.07, 6.45) is 1.83. The lowest BCUT2D eigenvalue weighted by atomic mass is 10.2. The quantitative estimate of drug-likeness (QED) is 0.268. The van der Waals surface area contributed by atoms with Crippen LogP contribution in [-0.2, 0) is 13.1 Å². The maximum Gasteiger partial charge on any atom is 0.176 e. The van der Waals surface area contributed by atoms with Crippen LogP contribution in [-0.4, -0.2) is 24.7 Å². The fourth-order valence-electron chi connectivity index (χ4n) is 3.47. The third-order valence-corrected chi connectivity index (χ3v) is 6.50. The molecule has 2 aromatic carbocycles. The van der Waals surface area contributed by atoms with Gasteiger partial charge in [0.1, 0.15) is 5.82 Å². The number of hydrogen-bond donors (Lipinski definition) is 2. The molecule has 0 atom stereocenters. The first-order valence-corrected chi connectivity index (χ1v) is 11.8. The highest BCUT2D eigenvalue weighted by Gasteiger charge is 2.16. The number of aromatic nitrogens is 4. The van der Waals surface area contributed by atoms with Crippen molar-refractivity contribution < 1.29 is 4.39 Å². The van der Waals surface area contributed by atoms with Gasteiger partial charge in [0.05, 0.1) is 40.2 Å². The zero-order chi connectivity index (χ0) is 24.4. The van der Waals surface area contributed by atoms with E-state index < -0.39 is 0 Å². The van der Waals surface area contributed by atoms with E-state index in [9.17, 15) is 4.39 Å². The fraction of sp³-hybridized carbons (Fsp3) is 0.174. The van der Waals surface area contributed by atoms with Crippen molar-refractivity contribution in [3.8, 4) is 0 Å². The summed E-state index contributed by atoms with van der Waals surface area (Å²) in [5, 5.41) is 17.0. The second-order valence-electron chi connectivity index (χ2n) is 7.63. The van der Waals surface area contributed by atoms with Crippen LogP contribution in [0.3, 0.4) is 0 Å². The minimum Gasteiger partial charge on any atom is -0.329 e. The summed E-state index contributed by atoms with van der Waals surface area (Å²) in [6, 6.07) is 11.9. The molecule has 0 radical (unpaired) electrons. The summed E-state index contributed by atoms with van der Waals surface area (Å²) in [5.41, 5.74) is 3.61. The molecule has 4 rings (SSSR count). The zero-order valence-corrected chi connectivity index (χ0v) is 21.3.